The molecule has 3 aromatic rings. The molecule has 0 radical (unpaired) electrons. The zero-order valence-electron chi connectivity index (χ0n) is 18.6. The molecule has 6 nitrogen and oxygen atoms in total. The average Bonchev–Trinajstić information content (AvgIpc) is 2.74. The van der Waals surface area contributed by atoms with Crippen molar-refractivity contribution in [3.05, 3.63) is 75.6 Å². The summed E-state index contributed by atoms with van der Waals surface area (Å²) >= 11 is 0. The zero-order chi connectivity index (χ0) is 22.8. The number of carbonyl (C=O) groups excluding carboxylic acids is 2. The number of fused-ring (bicyclic) bond motifs is 1. The lowest BCUT2D eigenvalue weighted by Crippen LogP contribution is -2.21. The number of pyridine rings is 1. The van der Waals surface area contributed by atoms with E-state index in [2.05, 4.69) is 26.1 Å². The smallest absolute Gasteiger partial charge is 0.343 e. The van der Waals surface area contributed by atoms with E-state index in [0.29, 0.717) is 28.7 Å². The lowest BCUT2D eigenvalue weighted by atomic mass is 9.87. The van der Waals surface area contributed by atoms with E-state index in [-0.39, 0.29) is 23.5 Å². The maximum absolute atomic E-state index is 12.9. The molecule has 1 aromatic heterocycles. The molecular formula is C25H28N2O4. The standard InChI is InChI=1S/C25H28N2O4/c1-6-27-15-20(24(30)31-7-2)22(28)19-14-18(12-13-21(19)27)26-23(29)16-8-10-17(11-9-16)25(3,4)5/h8-15H,6-7H2,1-5H3,(H,26,29). The molecule has 1 N–H and O–H groups in total. The van der Waals surface area contributed by atoms with Crippen molar-refractivity contribution in [2.24, 2.45) is 0 Å². The summed E-state index contributed by atoms with van der Waals surface area (Å²) in [5.41, 5.74) is 2.41. The van der Waals surface area contributed by atoms with E-state index in [1.54, 1.807) is 37.3 Å². The van der Waals surface area contributed by atoms with Gasteiger partial charge in [0.05, 0.1) is 12.1 Å². The Kier molecular flexibility index (Phi) is 6.29. The van der Waals surface area contributed by atoms with Gasteiger partial charge in [0.15, 0.2) is 0 Å². The number of nitrogens with one attached hydrogen (secondary N) is 1. The lowest BCUT2D eigenvalue weighted by molar-refractivity contribution is 0.0524. The molecule has 0 aliphatic rings. The number of hydrogen-bond acceptors (Lipinski definition) is 4. The number of rotatable bonds is 5. The number of amides is 1. The van der Waals surface area contributed by atoms with Crippen LogP contribution < -0.4 is 10.7 Å². The summed E-state index contributed by atoms with van der Waals surface area (Å²) in [6.07, 6.45) is 1.53. The molecule has 1 amide bonds. The highest BCUT2D eigenvalue weighted by molar-refractivity contribution is 6.05. The molecule has 6 heteroatoms. The first-order valence-corrected chi connectivity index (χ1v) is 10.4. The van der Waals surface area contributed by atoms with Gasteiger partial charge in [-0.15, -0.1) is 0 Å². The zero-order valence-corrected chi connectivity index (χ0v) is 18.6. The van der Waals surface area contributed by atoms with Crippen LogP contribution in [0.2, 0.25) is 0 Å². The Balaban J connectivity index is 1.96. The number of ether oxygens (including phenoxy) is 1. The molecular weight excluding hydrogens is 392 g/mol. The molecule has 162 valence electrons. The number of benzene rings is 2. The van der Waals surface area contributed by atoms with Gasteiger partial charge in [0.2, 0.25) is 5.43 Å². The maximum atomic E-state index is 12.9. The Morgan fingerprint density at radius 2 is 1.71 bits per heavy atom. The van der Waals surface area contributed by atoms with Gasteiger partial charge in [0, 0.05) is 29.4 Å². The summed E-state index contributed by atoms with van der Waals surface area (Å²) in [5.74, 6) is -0.915. The summed E-state index contributed by atoms with van der Waals surface area (Å²) < 4.78 is 6.84. The first-order valence-electron chi connectivity index (χ1n) is 10.4. The van der Waals surface area contributed by atoms with Gasteiger partial charge in [-0.1, -0.05) is 32.9 Å². The summed E-state index contributed by atoms with van der Waals surface area (Å²) in [6, 6.07) is 12.6. The molecule has 0 saturated carbocycles. The maximum Gasteiger partial charge on any atom is 0.343 e. The molecule has 0 aliphatic carbocycles. The largest absolute Gasteiger partial charge is 0.462 e. The quantitative estimate of drug-likeness (QED) is 0.605. The van der Waals surface area contributed by atoms with Gasteiger partial charge in [0.25, 0.3) is 5.91 Å². The van der Waals surface area contributed by atoms with Crippen LogP contribution >= 0.6 is 0 Å². The van der Waals surface area contributed by atoms with Gasteiger partial charge in [-0.05, 0) is 55.2 Å². The fourth-order valence-corrected chi connectivity index (χ4v) is 3.42. The highest BCUT2D eigenvalue weighted by atomic mass is 16.5. The Hall–Kier alpha value is -3.41. The van der Waals surface area contributed by atoms with E-state index >= 15 is 0 Å². The molecule has 0 unspecified atom stereocenters. The minimum Gasteiger partial charge on any atom is -0.462 e. The van der Waals surface area contributed by atoms with Crippen molar-refractivity contribution in [1.29, 1.82) is 0 Å². The van der Waals surface area contributed by atoms with E-state index < -0.39 is 11.4 Å². The molecule has 0 saturated heterocycles. The van der Waals surface area contributed by atoms with Gasteiger partial charge in [0.1, 0.15) is 5.56 Å². The number of hydrogen-bond donors (Lipinski definition) is 1. The molecule has 0 fully saturated rings. The summed E-state index contributed by atoms with van der Waals surface area (Å²) in [6.45, 7) is 10.7. The number of aromatic nitrogens is 1. The van der Waals surface area contributed by atoms with Crippen molar-refractivity contribution in [2.75, 3.05) is 11.9 Å². The molecule has 0 spiro atoms. The van der Waals surface area contributed by atoms with Crippen LogP contribution in [0.25, 0.3) is 10.9 Å². The second kappa shape index (κ2) is 8.76. The SMILES string of the molecule is CCOC(=O)c1cn(CC)c2ccc(NC(=O)c3ccc(C(C)(C)C)cc3)cc2c1=O. The van der Waals surface area contributed by atoms with Crippen molar-refractivity contribution in [2.45, 2.75) is 46.6 Å². The van der Waals surface area contributed by atoms with Gasteiger partial charge in [-0.3, -0.25) is 9.59 Å². The van der Waals surface area contributed by atoms with Gasteiger partial charge in [-0.25, -0.2) is 4.79 Å². The predicted molar refractivity (Wildman–Crippen MR) is 123 cm³/mol. The average molecular weight is 421 g/mol. The second-order valence-corrected chi connectivity index (χ2v) is 8.39. The van der Waals surface area contributed by atoms with Crippen molar-refractivity contribution < 1.29 is 14.3 Å². The normalized spacial score (nSPS) is 11.4. The summed E-state index contributed by atoms with van der Waals surface area (Å²) in [5, 5.41) is 3.20. The third-order valence-electron chi connectivity index (χ3n) is 5.19. The fraction of sp³-hybridized carbons (Fsp3) is 0.320. The third-order valence-corrected chi connectivity index (χ3v) is 5.19. The fourth-order valence-electron chi connectivity index (χ4n) is 3.42. The first kappa shape index (κ1) is 22.3. The van der Waals surface area contributed by atoms with Gasteiger partial charge >= 0.3 is 5.97 Å². The van der Waals surface area contributed by atoms with E-state index in [9.17, 15) is 14.4 Å². The molecule has 31 heavy (non-hydrogen) atoms. The van der Waals surface area contributed by atoms with E-state index in [0.717, 1.165) is 5.56 Å². The van der Waals surface area contributed by atoms with Crippen LogP contribution in [0.3, 0.4) is 0 Å². The number of carbonyl (C=O) groups is 2. The minimum absolute atomic E-state index is 0.00314. The molecule has 3 rings (SSSR count). The van der Waals surface area contributed by atoms with Crippen LogP contribution in [-0.2, 0) is 16.7 Å². The number of aryl methyl sites for hydroxylation is 1. The highest BCUT2D eigenvalue weighted by Crippen LogP contribution is 2.23. The Morgan fingerprint density at radius 3 is 2.29 bits per heavy atom. The van der Waals surface area contributed by atoms with Crippen LogP contribution in [0.15, 0.2) is 53.5 Å². The highest BCUT2D eigenvalue weighted by Gasteiger charge is 2.18. The number of esters is 1. The van der Waals surface area contributed by atoms with Crippen molar-refractivity contribution >= 4 is 28.5 Å². The Labute approximate surface area is 181 Å². The van der Waals surface area contributed by atoms with Crippen molar-refractivity contribution in [3.8, 4) is 0 Å². The van der Waals surface area contributed by atoms with Crippen LogP contribution in [0, 0.1) is 0 Å². The van der Waals surface area contributed by atoms with E-state index in [4.69, 9.17) is 4.74 Å². The van der Waals surface area contributed by atoms with Crippen LogP contribution in [0.5, 0.6) is 0 Å². The van der Waals surface area contributed by atoms with Crippen molar-refractivity contribution in [3.63, 3.8) is 0 Å². The van der Waals surface area contributed by atoms with Crippen LogP contribution in [-0.4, -0.2) is 23.1 Å². The lowest BCUT2D eigenvalue weighted by Gasteiger charge is -2.19. The Morgan fingerprint density at radius 1 is 1.03 bits per heavy atom. The van der Waals surface area contributed by atoms with Crippen LogP contribution in [0.4, 0.5) is 5.69 Å². The third kappa shape index (κ3) is 4.68. The van der Waals surface area contributed by atoms with E-state index in [1.165, 1.54) is 6.20 Å². The predicted octanol–water partition coefficient (Wildman–Crippen LogP) is 4.75. The van der Waals surface area contributed by atoms with Gasteiger partial charge < -0.3 is 14.6 Å². The molecule has 0 bridgehead atoms. The molecule has 0 aliphatic heterocycles. The molecule has 2 aromatic carbocycles. The summed E-state index contributed by atoms with van der Waals surface area (Å²) in [7, 11) is 0. The van der Waals surface area contributed by atoms with Crippen LogP contribution in [0.1, 0.15) is 60.9 Å². The number of nitrogens with zero attached hydrogens (tertiary/aromatic N) is 1. The van der Waals surface area contributed by atoms with E-state index in [1.807, 2.05) is 23.6 Å². The Bertz CT molecular complexity index is 1190. The first-order chi connectivity index (χ1) is 14.7. The monoisotopic (exact) mass is 420 g/mol. The number of anilines is 1. The van der Waals surface area contributed by atoms with Gasteiger partial charge in [-0.2, -0.15) is 0 Å². The minimum atomic E-state index is -0.648. The van der Waals surface area contributed by atoms with Crippen molar-refractivity contribution in [1.82, 2.24) is 4.57 Å². The molecule has 0 atom stereocenters. The summed E-state index contributed by atoms with van der Waals surface area (Å²) in [4.78, 5) is 37.9. The topological polar surface area (TPSA) is 77.4 Å². The molecule has 1 heterocycles. The second-order valence-electron chi connectivity index (χ2n) is 8.39.